The molecule has 21 heavy (non-hydrogen) atoms. The normalized spacial score (nSPS) is 17.0. The second-order valence-electron chi connectivity index (χ2n) is 5.93. The second-order valence-corrected chi connectivity index (χ2v) is 5.93. The Balaban J connectivity index is 1.74. The average molecular weight is 290 g/mol. The first-order chi connectivity index (χ1) is 10.2. The molecule has 0 aliphatic carbocycles. The summed E-state index contributed by atoms with van der Waals surface area (Å²) in [5.74, 6) is -0.0517. The van der Waals surface area contributed by atoms with Crippen LogP contribution >= 0.6 is 0 Å². The van der Waals surface area contributed by atoms with Crippen LogP contribution < -0.4 is 5.32 Å². The molecule has 0 radical (unpaired) electrons. The van der Waals surface area contributed by atoms with Crippen LogP contribution in [0, 0.1) is 5.92 Å². The van der Waals surface area contributed by atoms with Gasteiger partial charge in [0.25, 0.3) is 0 Å². The number of likely N-dealkylation sites (tertiary alicyclic amines) is 1. The number of benzene rings is 1. The zero-order valence-corrected chi connectivity index (χ0v) is 12.8. The van der Waals surface area contributed by atoms with Crippen LogP contribution in [0.1, 0.15) is 42.1 Å². The van der Waals surface area contributed by atoms with Crippen LogP contribution in [-0.4, -0.2) is 42.2 Å². The number of hydrogen-bond acceptors (Lipinski definition) is 3. The second kappa shape index (κ2) is 8.15. The summed E-state index contributed by atoms with van der Waals surface area (Å²) in [6.07, 6.45) is 3.71. The van der Waals surface area contributed by atoms with Crippen molar-refractivity contribution in [1.82, 2.24) is 10.2 Å². The number of aromatic carboxylic acids is 1. The highest BCUT2D eigenvalue weighted by atomic mass is 16.4. The molecule has 1 aliphatic heterocycles. The van der Waals surface area contributed by atoms with E-state index in [-0.39, 0.29) is 0 Å². The standard InChI is InChI=1S/C17H26N2O2/c1-2-9-18-12-14-7-10-19(11-8-14)13-15-3-5-16(6-4-15)17(20)21/h3-6,14,18H,2,7-13H2,1H3,(H,20,21). The van der Waals surface area contributed by atoms with Crippen molar-refractivity contribution in [3.8, 4) is 0 Å². The summed E-state index contributed by atoms with van der Waals surface area (Å²) in [5, 5.41) is 12.4. The molecule has 0 atom stereocenters. The molecule has 4 heteroatoms. The van der Waals surface area contributed by atoms with Crippen molar-refractivity contribution in [1.29, 1.82) is 0 Å². The molecular formula is C17H26N2O2. The van der Waals surface area contributed by atoms with E-state index < -0.39 is 5.97 Å². The van der Waals surface area contributed by atoms with Gasteiger partial charge in [-0.2, -0.15) is 0 Å². The minimum Gasteiger partial charge on any atom is -0.478 e. The molecule has 0 aromatic heterocycles. The van der Waals surface area contributed by atoms with E-state index in [1.807, 2.05) is 12.1 Å². The lowest BCUT2D eigenvalue weighted by Crippen LogP contribution is -2.37. The molecule has 1 saturated heterocycles. The summed E-state index contributed by atoms with van der Waals surface area (Å²) in [6, 6.07) is 7.24. The number of nitrogens with zero attached hydrogens (tertiary/aromatic N) is 1. The molecule has 2 rings (SSSR count). The van der Waals surface area contributed by atoms with Crippen molar-refractivity contribution in [3.05, 3.63) is 35.4 Å². The first kappa shape index (κ1) is 16.0. The Hall–Kier alpha value is -1.39. The van der Waals surface area contributed by atoms with E-state index in [1.165, 1.54) is 24.8 Å². The number of piperidine rings is 1. The first-order valence-corrected chi connectivity index (χ1v) is 7.94. The number of carbonyl (C=O) groups is 1. The monoisotopic (exact) mass is 290 g/mol. The van der Waals surface area contributed by atoms with E-state index in [0.29, 0.717) is 5.56 Å². The van der Waals surface area contributed by atoms with E-state index >= 15 is 0 Å². The van der Waals surface area contributed by atoms with E-state index in [1.54, 1.807) is 12.1 Å². The lowest BCUT2D eigenvalue weighted by molar-refractivity contribution is 0.0697. The van der Waals surface area contributed by atoms with Gasteiger partial charge in [-0.05, 0) is 69.1 Å². The van der Waals surface area contributed by atoms with Crippen LogP contribution in [0.15, 0.2) is 24.3 Å². The van der Waals surface area contributed by atoms with E-state index in [2.05, 4.69) is 17.1 Å². The summed E-state index contributed by atoms with van der Waals surface area (Å²) >= 11 is 0. The van der Waals surface area contributed by atoms with Crippen molar-refractivity contribution in [3.63, 3.8) is 0 Å². The van der Waals surface area contributed by atoms with Gasteiger partial charge in [-0.3, -0.25) is 4.90 Å². The van der Waals surface area contributed by atoms with Crippen molar-refractivity contribution in [2.24, 2.45) is 5.92 Å². The van der Waals surface area contributed by atoms with Gasteiger partial charge in [-0.25, -0.2) is 4.79 Å². The van der Waals surface area contributed by atoms with E-state index in [9.17, 15) is 4.79 Å². The number of hydrogen-bond donors (Lipinski definition) is 2. The molecule has 1 fully saturated rings. The summed E-state index contributed by atoms with van der Waals surface area (Å²) in [4.78, 5) is 13.3. The third kappa shape index (κ3) is 5.14. The lowest BCUT2D eigenvalue weighted by atomic mass is 9.96. The fourth-order valence-electron chi connectivity index (χ4n) is 2.84. The van der Waals surface area contributed by atoms with Gasteiger partial charge in [0.05, 0.1) is 5.56 Å². The SMILES string of the molecule is CCCNCC1CCN(Cc2ccc(C(=O)O)cc2)CC1. The molecule has 0 bridgehead atoms. The Morgan fingerprint density at radius 2 is 1.95 bits per heavy atom. The van der Waals surface area contributed by atoms with Crippen LogP contribution in [0.25, 0.3) is 0 Å². The maximum Gasteiger partial charge on any atom is 0.335 e. The molecule has 1 heterocycles. The molecule has 116 valence electrons. The van der Waals surface area contributed by atoms with Crippen molar-refractivity contribution < 1.29 is 9.90 Å². The largest absolute Gasteiger partial charge is 0.478 e. The average Bonchev–Trinajstić information content (AvgIpc) is 2.50. The van der Waals surface area contributed by atoms with Gasteiger partial charge in [-0.15, -0.1) is 0 Å². The Morgan fingerprint density at radius 1 is 1.29 bits per heavy atom. The summed E-state index contributed by atoms with van der Waals surface area (Å²) in [6.45, 7) is 7.67. The van der Waals surface area contributed by atoms with E-state index in [4.69, 9.17) is 5.11 Å². The molecule has 0 spiro atoms. The van der Waals surface area contributed by atoms with Crippen LogP contribution in [0.4, 0.5) is 0 Å². The van der Waals surface area contributed by atoms with Gasteiger partial charge in [0.2, 0.25) is 0 Å². The van der Waals surface area contributed by atoms with Crippen LogP contribution in [0.3, 0.4) is 0 Å². The Kier molecular flexibility index (Phi) is 6.21. The topological polar surface area (TPSA) is 52.6 Å². The summed E-state index contributed by atoms with van der Waals surface area (Å²) in [5.41, 5.74) is 1.56. The van der Waals surface area contributed by atoms with Gasteiger partial charge in [-0.1, -0.05) is 19.1 Å². The highest BCUT2D eigenvalue weighted by Gasteiger charge is 2.18. The number of carboxylic acids is 1. The van der Waals surface area contributed by atoms with Gasteiger partial charge < -0.3 is 10.4 Å². The Morgan fingerprint density at radius 3 is 2.52 bits per heavy atom. The molecule has 4 nitrogen and oxygen atoms in total. The third-order valence-electron chi connectivity index (χ3n) is 4.17. The quantitative estimate of drug-likeness (QED) is 0.758. The maximum absolute atomic E-state index is 10.8. The van der Waals surface area contributed by atoms with Gasteiger partial charge in [0, 0.05) is 6.54 Å². The summed E-state index contributed by atoms with van der Waals surface area (Å²) < 4.78 is 0. The van der Waals surface area contributed by atoms with E-state index in [0.717, 1.165) is 38.6 Å². The number of carboxylic acid groups (broad SMARTS) is 1. The minimum absolute atomic E-state index is 0.361. The fourth-order valence-corrected chi connectivity index (χ4v) is 2.84. The zero-order chi connectivity index (χ0) is 15.1. The molecule has 0 amide bonds. The molecule has 1 aromatic carbocycles. The fraction of sp³-hybridized carbons (Fsp3) is 0.588. The van der Waals surface area contributed by atoms with Crippen molar-refractivity contribution >= 4 is 5.97 Å². The lowest BCUT2D eigenvalue weighted by Gasteiger charge is -2.32. The smallest absolute Gasteiger partial charge is 0.335 e. The minimum atomic E-state index is -0.859. The molecule has 2 N–H and O–H groups in total. The van der Waals surface area contributed by atoms with Gasteiger partial charge in [0.15, 0.2) is 0 Å². The Bertz CT molecular complexity index is 437. The molecule has 1 aliphatic rings. The van der Waals surface area contributed by atoms with Crippen LogP contribution in [0.5, 0.6) is 0 Å². The first-order valence-electron chi connectivity index (χ1n) is 7.94. The predicted molar refractivity (Wildman–Crippen MR) is 84.6 cm³/mol. The molecule has 0 unspecified atom stereocenters. The molecule has 0 saturated carbocycles. The highest BCUT2D eigenvalue weighted by Crippen LogP contribution is 2.18. The molecule has 1 aromatic rings. The number of rotatable bonds is 7. The molecular weight excluding hydrogens is 264 g/mol. The third-order valence-corrected chi connectivity index (χ3v) is 4.17. The summed E-state index contributed by atoms with van der Waals surface area (Å²) in [7, 11) is 0. The number of nitrogens with one attached hydrogen (secondary N) is 1. The van der Waals surface area contributed by atoms with Crippen molar-refractivity contribution in [2.75, 3.05) is 26.2 Å². The van der Waals surface area contributed by atoms with Gasteiger partial charge >= 0.3 is 5.97 Å². The van der Waals surface area contributed by atoms with Gasteiger partial charge in [0.1, 0.15) is 0 Å². The predicted octanol–water partition coefficient (Wildman–Crippen LogP) is 2.60. The zero-order valence-electron chi connectivity index (χ0n) is 12.8. The maximum atomic E-state index is 10.8. The van der Waals surface area contributed by atoms with Crippen molar-refractivity contribution in [2.45, 2.75) is 32.7 Å². The van der Waals surface area contributed by atoms with Crippen LogP contribution in [0.2, 0.25) is 0 Å². The highest BCUT2D eigenvalue weighted by molar-refractivity contribution is 5.87. The van der Waals surface area contributed by atoms with Crippen LogP contribution in [-0.2, 0) is 6.54 Å². The Labute approximate surface area is 127 Å².